The van der Waals surface area contributed by atoms with E-state index in [2.05, 4.69) is 157 Å². The molecular formula is C39H26N2S. The summed E-state index contributed by atoms with van der Waals surface area (Å²) in [6.07, 6.45) is 1.99. The fraction of sp³-hybridized carbons (Fsp3) is 0. The normalized spacial score (nSPS) is 11.3. The van der Waals surface area contributed by atoms with Crippen LogP contribution in [0.15, 0.2) is 158 Å². The molecule has 8 rings (SSSR count). The van der Waals surface area contributed by atoms with Crippen LogP contribution in [0.25, 0.3) is 53.3 Å². The average molecular weight is 555 g/mol. The van der Waals surface area contributed by atoms with Gasteiger partial charge in [-0.15, -0.1) is 11.3 Å². The van der Waals surface area contributed by atoms with Crippen LogP contribution < -0.4 is 4.90 Å². The molecule has 0 N–H and O–H groups in total. The van der Waals surface area contributed by atoms with Crippen LogP contribution in [0.4, 0.5) is 17.1 Å². The number of rotatable bonds is 5. The second kappa shape index (κ2) is 10.3. The number of benzene rings is 6. The molecule has 198 valence electrons. The van der Waals surface area contributed by atoms with Gasteiger partial charge in [0.25, 0.3) is 0 Å². The molecule has 0 saturated heterocycles. The summed E-state index contributed by atoms with van der Waals surface area (Å²) in [7, 11) is 0. The molecule has 0 atom stereocenters. The van der Waals surface area contributed by atoms with Crippen molar-refractivity contribution in [1.82, 2.24) is 4.98 Å². The largest absolute Gasteiger partial charge is 0.311 e. The lowest BCUT2D eigenvalue weighted by molar-refractivity contribution is 1.28. The summed E-state index contributed by atoms with van der Waals surface area (Å²) in [6.45, 7) is 0. The number of hydrogen-bond donors (Lipinski definition) is 0. The molecule has 42 heavy (non-hydrogen) atoms. The Labute approximate surface area is 248 Å². The maximum Gasteiger partial charge on any atom is 0.125 e. The van der Waals surface area contributed by atoms with Crippen molar-refractivity contribution >= 4 is 59.5 Å². The highest BCUT2D eigenvalue weighted by Gasteiger charge is 2.16. The van der Waals surface area contributed by atoms with E-state index in [0.29, 0.717) is 0 Å². The maximum absolute atomic E-state index is 4.82. The molecule has 2 heterocycles. The lowest BCUT2D eigenvalue weighted by Crippen LogP contribution is -2.09. The third kappa shape index (κ3) is 4.23. The topological polar surface area (TPSA) is 16.1 Å². The first-order chi connectivity index (χ1) is 20.8. The summed E-state index contributed by atoms with van der Waals surface area (Å²) in [4.78, 5) is 8.22. The fourth-order valence-electron chi connectivity index (χ4n) is 5.90. The summed E-state index contributed by atoms with van der Waals surface area (Å²) in [6, 6.07) is 54.0. The van der Waals surface area contributed by atoms with Gasteiger partial charge in [0.15, 0.2) is 0 Å². The standard InChI is InChI=1S/C39H26N2S/c1-3-10-27(11-4-1)28-18-22-32(23-19-28)41(31-13-5-2-6-14-31)33-24-20-29(21-25-33)35-16-9-17-36-37-34-15-8-7-12-30(34)26-40-39(37)42-38(35)36/h1-26H. The number of nitrogens with zero attached hydrogens (tertiary/aromatic N) is 2. The Balaban J connectivity index is 1.21. The van der Waals surface area contributed by atoms with E-state index in [1.165, 1.54) is 48.5 Å². The van der Waals surface area contributed by atoms with Gasteiger partial charge in [-0.25, -0.2) is 4.98 Å². The smallest absolute Gasteiger partial charge is 0.125 e. The van der Waals surface area contributed by atoms with Gasteiger partial charge in [-0.2, -0.15) is 0 Å². The number of pyridine rings is 1. The number of anilines is 3. The first-order valence-electron chi connectivity index (χ1n) is 14.1. The zero-order valence-corrected chi connectivity index (χ0v) is 23.6. The molecule has 3 heteroatoms. The molecular weight excluding hydrogens is 529 g/mol. The van der Waals surface area contributed by atoms with E-state index < -0.39 is 0 Å². The highest BCUT2D eigenvalue weighted by atomic mass is 32.1. The minimum absolute atomic E-state index is 1.09. The van der Waals surface area contributed by atoms with Crippen molar-refractivity contribution in [3.63, 3.8) is 0 Å². The molecule has 8 aromatic rings. The average Bonchev–Trinajstić information content (AvgIpc) is 3.46. The summed E-state index contributed by atoms with van der Waals surface area (Å²) in [5, 5.41) is 4.96. The van der Waals surface area contributed by atoms with Gasteiger partial charge in [-0.3, -0.25) is 0 Å². The van der Waals surface area contributed by atoms with Crippen molar-refractivity contribution in [3.05, 3.63) is 158 Å². The van der Waals surface area contributed by atoms with Crippen molar-refractivity contribution in [3.8, 4) is 22.3 Å². The Morgan fingerprint density at radius 1 is 0.452 bits per heavy atom. The zero-order valence-electron chi connectivity index (χ0n) is 22.8. The lowest BCUT2D eigenvalue weighted by Gasteiger charge is -2.26. The number of fused-ring (bicyclic) bond motifs is 5. The van der Waals surface area contributed by atoms with Crippen LogP contribution in [0.1, 0.15) is 0 Å². The molecule has 0 amide bonds. The van der Waals surface area contributed by atoms with E-state index in [1.54, 1.807) is 11.3 Å². The first-order valence-corrected chi connectivity index (χ1v) is 15.0. The number of para-hydroxylation sites is 1. The van der Waals surface area contributed by atoms with Crippen LogP contribution in [0.5, 0.6) is 0 Å². The van der Waals surface area contributed by atoms with Crippen molar-refractivity contribution in [2.75, 3.05) is 4.90 Å². The summed E-state index contributed by atoms with van der Waals surface area (Å²) in [5.74, 6) is 0. The molecule has 2 nitrogen and oxygen atoms in total. The predicted octanol–water partition coefficient (Wildman–Crippen LogP) is 11.4. The Hall–Kier alpha value is -5.25. The van der Waals surface area contributed by atoms with E-state index >= 15 is 0 Å². The highest BCUT2D eigenvalue weighted by Crippen LogP contribution is 2.43. The van der Waals surface area contributed by atoms with E-state index in [9.17, 15) is 0 Å². The number of hydrogen-bond acceptors (Lipinski definition) is 3. The summed E-state index contributed by atoms with van der Waals surface area (Å²) < 4.78 is 1.28. The van der Waals surface area contributed by atoms with Crippen LogP contribution in [0.3, 0.4) is 0 Å². The first kappa shape index (κ1) is 24.5. The second-order valence-electron chi connectivity index (χ2n) is 10.4. The van der Waals surface area contributed by atoms with Gasteiger partial charge in [-0.1, -0.05) is 115 Å². The summed E-state index contributed by atoms with van der Waals surface area (Å²) in [5.41, 5.74) is 8.24. The van der Waals surface area contributed by atoms with Crippen molar-refractivity contribution < 1.29 is 0 Å². The Bertz CT molecular complexity index is 2170. The number of aromatic nitrogens is 1. The molecule has 0 radical (unpaired) electrons. The van der Waals surface area contributed by atoms with Gasteiger partial charge >= 0.3 is 0 Å². The second-order valence-corrected chi connectivity index (χ2v) is 11.4. The van der Waals surface area contributed by atoms with Crippen LogP contribution in [-0.4, -0.2) is 4.98 Å². The molecule has 0 fully saturated rings. The molecule has 0 unspecified atom stereocenters. The van der Waals surface area contributed by atoms with Crippen LogP contribution in [-0.2, 0) is 0 Å². The molecule has 0 aliphatic rings. The van der Waals surface area contributed by atoms with Crippen LogP contribution in [0.2, 0.25) is 0 Å². The molecule has 0 saturated carbocycles. The van der Waals surface area contributed by atoms with Gasteiger partial charge in [0.05, 0.1) is 0 Å². The SMILES string of the molecule is c1ccc(-c2ccc(N(c3ccccc3)c3ccc(-c4cccc5c4sc4ncc6ccccc6c45)cc3)cc2)cc1. The third-order valence-electron chi connectivity index (χ3n) is 7.93. The number of thiophene rings is 1. The van der Waals surface area contributed by atoms with E-state index in [4.69, 9.17) is 4.98 Å². The minimum Gasteiger partial charge on any atom is -0.311 e. The van der Waals surface area contributed by atoms with Gasteiger partial charge in [0.2, 0.25) is 0 Å². The van der Waals surface area contributed by atoms with Gasteiger partial charge < -0.3 is 4.90 Å². The maximum atomic E-state index is 4.82. The Morgan fingerprint density at radius 2 is 1.02 bits per heavy atom. The highest BCUT2D eigenvalue weighted by molar-refractivity contribution is 7.26. The predicted molar refractivity (Wildman–Crippen MR) is 180 cm³/mol. The van der Waals surface area contributed by atoms with Crippen molar-refractivity contribution in [2.45, 2.75) is 0 Å². The van der Waals surface area contributed by atoms with E-state index in [-0.39, 0.29) is 0 Å². The van der Waals surface area contributed by atoms with Gasteiger partial charge in [-0.05, 0) is 64.0 Å². The lowest BCUT2D eigenvalue weighted by atomic mass is 10.0. The quantitative estimate of drug-likeness (QED) is 0.210. The van der Waals surface area contributed by atoms with Crippen molar-refractivity contribution in [1.29, 1.82) is 0 Å². The summed E-state index contributed by atoms with van der Waals surface area (Å²) >= 11 is 1.78. The molecule has 6 aromatic carbocycles. The molecule has 0 bridgehead atoms. The fourth-order valence-corrected chi connectivity index (χ4v) is 7.10. The zero-order chi connectivity index (χ0) is 27.9. The van der Waals surface area contributed by atoms with Crippen LogP contribution in [0, 0.1) is 0 Å². The molecule has 0 aliphatic heterocycles. The monoisotopic (exact) mass is 554 g/mol. The Morgan fingerprint density at radius 3 is 1.76 bits per heavy atom. The van der Waals surface area contributed by atoms with E-state index in [1.807, 2.05) is 6.20 Å². The molecule has 0 aliphatic carbocycles. The van der Waals surface area contributed by atoms with Gasteiger partial charge in [0, 0.05) is 44.1 Å². The third-order valence-corrected chi connectivity index (χ3v) is 9.08. The molecule has 2 aromatic heterocycles. The van der Waals surface area contributed by atoms with E-state index in [0.717, 1.165) is 21.9 Å². The van der Waals surface area contributed by atoms with Gasteiger partial charge in [0.1, 0.15) is 4.83 Å². The van der Waals surface area contributed by atoms with Crippen molar-refractivity contribution in [2.24, 2.45) is 0 Å². The molecule has 0 spiro atoms. The Kier molecular flexibility index (Phi) is 6.02. The minimum atomic E-state index is 1.09. The van der Waals surface area contributed by atoms with Crippen LogP contribution >= 0.6 is 11.3 Å².